The van der Waals surface area contributed by atoms with E-state index in [0.29, 0.717) is 6.04 Å². The monoisotopic (exact) mass is 244 g/mol. The molecule has 94 valence electrons. The summed E-state index contributed by atoms with van der Waals surface area (Å²) in [5, 5.41) is 3.86. The molecule has 0 bridgehead atoms. The van der Waals surface area contributed by atoms with Gasteiger partial charge in [-0.3, -0.25) is 4.79 Å². The topological polar surface area (TPSA) is 55.1 Å². The van der Waals surface area contributed by atoms with Crippen LogP contribution in [0.25, 0.3) is 0 Å². The van der Waals surface area contributed by atoms with Crippen LogP contribution in [0, 0.1) is 5.92 Å². The lowest BCUT2D eigenvalue weighted by Crippen LogP contribution is -2.48. The molecule has 1 fully saturated rings. The summed E-state index contributed by atoms with van der Waals surface area (Å²) < 4.78 is 0. The molecule has 0 aromatic rings. The molecule has 1 aliphatic rings. The summed E-state index contributed by atoms with van der Waals surface area (Å²) in [6.07, 6.45) is 6.79. The molecule has 0 unspecified atom stereocenters. The lowest BCUT2D eigenvalue weighted by Gasteiger charge is -2.29. The van der Waals surface area contributed by atoms with Crippen molar-refractivity contribution in [3.05, 3.63) is 0 Å². The Labute approximate surface area is 103 Å². The fourth-order valence-electron chi connectivity index (χ4n) is 2.04. The maximum absolute atomic E-state index is 11.8. The number of amides is 1. The second-order valence-electron chi connectivity index (χ2n) is 4.99. The summed E-state index contributed by atoms with van der Waals surface area (Å²) in [5.41, 5.74) is 5.81. The first-order valence-electron chi connectivity index (χ1n) is 6.13. The van der Waals surface area contributed by atoms with Crippen molar-refractivity contribution in [1.29, 1.82) is 0 Å². The van der Waals surface area contributed by atoms with Gasteiger partial charge in [0.2, 0.25) is 5.91 Å². The zero-order chi connectivity index (χ0) is 12.1. The van der Waals surface area contributed by atoms with E-state index in [4.69, 9.17) is 5.73 Å². The largest absolute Gasteiger partial charge is 0.352 e. The Morgan fingerprint density at radius 3 is 2.31 bits per heavy atom. The lowest BCUT2D eigenvalue weighted by molar-refractivity contribution is -0.124. The van der Waals surface area contributed by atoms with Gasteiger partial charge in [-0.1, -0.05) is 13.8 Å². The molecule has 1 saturated carbocycles. The second-order valence-corrected chi connectivity index (χ2v) is 6.13. The number of nitrogens with one attached hydrogen (secondary N) is 1. The van der Waals surface area contributed by atoms with Crippen LogP contribution in [0.3, 0.4) is 0 Å². The number of hydrogen-bond donors (Lipinski definition) is 2. The third-order valence-corrected chi connectivity index (χ3v) is 4.51. The third kappa shape index (κ3) is 3.98. The van der Waals surface area contributed by atoms with Crippen LogP contribution < -0.4 is 11.1 Å². The molecule has 0 aromatic heterocycles. The SMILES string of the molecule is CSC1CCC(NC(=O)[C@H](N)C(C)C)CC1. The van der Waals surface area contributed by atoms with E-state index >= 15 is 0 Å². The van der Waals surface area contributed by atoms with Crippen molar-refractivity contribution in [1.82, 2.24) is 5.32 Å². The Morgan fingerprint density at radius 2 is 1.88 bits per heavy atom. The molecule has 0 aromatic carbocycles. The molecular formula is C12H24N2OS. The van der Waals surface area contributed by atoms with E-state index in [9.17, 15) is 4.79 Å². The van der Waals surface area contributed by atoms with Crippen molar-refractivity contribution < 1.29 is 4.79 Å². The van der Waals surface area contributed by atoms with Crippen molar-refractivity contribution >= 4 is 17.7 Å². The molecule has 3 nitrogen and oxygen atoms in total. The summed E-state index contributed by atoms with van der Waals surface area (Å²) in [7, 11) is 0. The Hall–Kier alpha value is -0.220. The molecule has 0 radical (unpaired) electrons. The minimum atomic E-state index is -0.363. The smallest absolute Gasteiger partial charge is 0.237 e. The van der Waals surface area contributed by atoms with Crippen LogP contribution in [-0.4, -0.2) is 29.5 Å². The standard InChI is InChI=1S/C12H24N2OS/c1-8(2)11(13)12(15)14-9-4-6-10(16-3)7-5-9/h8-11H,4-7,13H2,1-3H3,(H,14,15)/t9?,10?,11-/m1/s1. The van der Waals surface area contributed by atoms with E-state index in [2.05, 4.69) is 11.6 Å². The van der Waals surface area contributed by atoms with Gasteiger partial charge in [-0.15, -0.1) is 0 Å². The minimum absolute atomic E-state index is 0.0163. The number of hydrogen-bond acceptors (Lipinski definition) is 3. The average molecular weight is 244 g/mol. The minimum Gasteiger partial charge on any atom is -0.352 e. The normalized spacial score (nSPS) is 27.8. The predicted molar refractivity (Wildman–Crippen MR) is 70.5 cm³/mol. The van der Waals surface area contributed by atoms with Crippen LogP contribution in [-0.2, 0) is 4.79 Å². The number of carbonyl (C=O) groups excluding carboxylic acids is 1. The van der Waals surface area contributed by atoms with Crippen LogP contribution in [0.4, 0.5) is 0 Å². The molecular weight excluding hydrogens is 220 g/mol. The van der Waals surface area contributed by atoms with Gasteiger partial charge in [0.05, 0.1) is 6.04 Å². The number of nitrogens with two attached hydrogens (primary N) is 1. The Morgan fingerprint density at radius 1 is 1.31 bits per heavy atom. The summed E-state index contributed by atoms with van der Waals surface area (Å²) in [6.45, 7) is 3.96. The van der Waals surface area contributed by atoms with Crippen LogP contribution in [0.2, 0.25) is 0 Å². The molecule has 0 saturated heterocycles. The summed E-state index contributed by atoms with van der Waals surface area (Å²) in [5.74, 6) is 0.227. The van der Waals surface area contributed by atoms with E-state index in [1.54, 1.807) is 0 Å². The van der Waals surface area contributed by atoms with E-state index in [1.165, 1.54) is 12.8 Å². The van der Waals surface area contributed by atoms with Crippen LogP contribution >= 0.6 is 11.8 Å². The highest BCUT2D eigenvalue weighted by Crippen LogP contribution is 2.26. The number of rotatable bonds is 4. The molecule has 0 heterocycles. The van der Waals surface area contributed by atoms with Gasteiger partial charge in [-0.2, -0.15) is 11.8 Å². The average Bonchev–Trinajstić information content (AvgIpc) is 2.28. The maximum Gasteiger partial charge on any atom is 0.237 e. The van der Waals surface area contributed by atoms with E-state index in [0.717, 1.165) is 18.1 Å². The quantitative estimate of drug-likeness (QED) is 0.792. The zero-order valence-corrected chi connectivity index (χ0v) is 11.3. The fraction of sp³-hybridized carbons (Fsp3) is 0.917. The van der Waals surface area contributed by atoms with E-state index in [-0.39, 0.29) is 17.9 Å². The Kier molecular flexibility index (Phi) is 5.62. The molecule has 16 heavy (non-hydrogen) atoms. The first kappa shape index (κ1) is 13.8. The van der Waals surface area contributed by atoms with Gasteiger partial charge in [-0.25, -0.2) is 0 Å². The first-order chi connectivity index (χ1) is 7.54. The molecule has 0 aliphatic heterocycles. The van der Waals surface area contributed by atoms with Gasteiger partial charge < -0.3 is 11.1 Å². The van der Waals surface area contributed by atoms with Gasteiger partial charge in [0.15, 0.2) is 0 Å². The van der Waals surface area contributed by atoms with E-state index in [1.807, 2.05) is 25.6 Å². The molecule has 1 aliphatic carbocycles. The second kappa shape index (κ2) is 6.50. The summed E-state index contributed by atoms with van der Waals surface area (Å²) in [6, 6.07) is -0.0148. The van der Waals surface area contributed by atoms with Crippen molar-refractivity contribution in [2.75, 3.05) is 6.26 Å². The van der Waals surface area contributed by atoms with Crippen molar-refractivity contribution in [2.24, 2.45) is 11.7 Å². The van der Waals surface area contributed by atoms with Crippen LogP contribution in [0.1, 0.15) is 39.5 Å². The van der Waals surface area contributed by atoms with Gasteiger partial charge in [0, 0.05) is 11.3 Å². The number of carbonyl (C=O) groups is 1. The van der Waals surface area contributed by atoms with Crippen molar-refractivity contribution in [3.8, 4) is 0 Å². The highest BCUT2D eigenvalue weighted by Gasteiger charge is 2.24. The van der Waals surface area contributed by atoms with Gasteiger partial charge in [0.1, 0.15) is 0 Å². The fourth-order valence-corrected chi connectivity index (χ4v) is 2.79. The summed E-state index contributed by atoms with van der Waals surface area (Å²) >= 11 is 1.94. The molecule has 1 atom stereocenters. The highest BCUT2D eigenvalue weighted by molar-refractivity contribution is 7.99. The molecule has 1 rings (SSSR count). The third-order valence-electron chi connectivity index (χ3n) is 3.37. The van der Waals surface area contributed by atoms with Crippen LogP contribution in [0.5, 0.6) is 0 Å². The number of thioether (sulfide) groups is 1. The van der Waals surface area contributed by atoms with Crippen molar-refractivity contribution in [2.45, 2.75) is 56.9 Å². The Bertz CT molecular complexity index is 225. The molecule has 3 N–H and O–H groups in total. The zero-order valence-electron chi connectivity index (χ0n) is 10.5. The van der Waals surface area contributed by atoms with Crippen molar-refractivity contribution in [3.63, 3.8) is 0 Å². The molecule has 4 heteroatoms. The lowest BCUT2D eigenvalue weighted by atomic mass is 9.94. The van der Waals surface area contributed by atoms with E-state index < -0.39 is 0 Å². The first-order valence-corrected chi connectivity index (χ1v) is 7.42. The summed E-state index contributed by atoms with van der Waals surface area (Å²) in [4.78, 5) is 11.8. The maximum atomic E-state index is 11.8. The Balaban J connectivity index is 2.31. The highest BCUT2D eigenvalue weighted by atomic mass is 32.2. The molecule has 1 amide bonds. The van der Waals surface area contributed by atoms with Gasteiger partial charge in [-0.05, 0) is 37.9 Å². The van der Waals surface area contributed by atoms with Gasteiger partial charge in [0.25, 0.3) is 0 Å². The molecule has 0 spiro atoms. The predicted octanol–water partition coefficient (Wildman–Crippen LogP) is 1.76. The van der Waals surface area contributed by atoms with Crippen LogP contribution in [0.15, 0.2) is 0 Å². The van der Waals surface area contributed by atoms with Gasteiger partial charge >= 0.3 is 0 Å².